The van der Waals surface area contributed by atoms with Crippen LogP contribution in [0.1, 0.15) is 0 Å². The molecule has 0 atom stereocenters. The second-order valence-electron chi connectivity index (χ2n) is 3.37. The first-order valence-corrected chi connectivity index (χ1v) is 6.58. The molecule has 2 N–H and O–H groups in total. The van der Waals surface area contributed by atoms with Gasteiger partial charge in [-0.1, -0.05) is 11.6 Å². The lowest BCUT2D eigenvalue weighted by molar-refractivity contribution is 0.596. The van der Waals surface area contributed by atoms with Gasteiger partial charge in [0.2, 0.25) is 9.84 Å². The van der Waals surface area contributed by atoms with E-state index in [4.69, 9.17) is 17.3 Å². The van der Waals surface area contributed by atoms with Gasteiger partial charge in [-0.05, 0) is 30.3 Å². The molecule has 4 nitrogen and oxygen atoms in total. The number of pyridine rings is 1. The minimum atomic E-state index is -3.61. The summed E-state index contributed by atoms with van der Waals surface area (Å²) in [6.45, 7) is 0. The maximum atomic E-state index is 12.2. The Bertz CT molecular complexity index is 639. The topological polar surface area (TPSA) is 73.0 Å². The highest BCUT2D eigenvalue weighted by Gasteiger charge is 2.19. The summed E-state index contributed by atoms with van der Waals surface area (Å²) in [5.41, 5.74) is 5.73. The van der Waals surface area contributed by atoms with Gasteiger partial charge in [0.15, 0.2) is 0 Å². The molecule has 0 radical (unpaired) electrons. The van der Waals surface area contributed by atoms with Gasteiger partial charge in [-0.3, -0.25) is 4.98 Å². The van der Waals surface area contributed by atoms with Crippen molar-refractivity contribution in [1.29, 1.82) is 0 Å². The van der Waals surface area contributed by atoms with Gasteiger partial charge >= 0.3 is 0 Å². The average Bonchev–Trinajstić information content (AvgIpc) is 2.30. The van der Waals surface area contributed by atoms with Crippen molar-refractivity contribution < 1.29 is 8.42 Å². The molecule has 0 aliphatic carbocycles. The minimum Gasteiger partial charge on any atom is -0.396 e. The van der Waals surface area contributed by atoms with Crippen LogP contribution in [0.5, 0.6) is 0 Å². The summed E-state index contributed by atoms with van der Waals surface area (Å²) in [6.07, 6.45) is 2.70. The van der Waals surface area contributed by atoms with Crippen molar-refractivity contribution in [3.05, 3.63) is 47.7 Å². The molecular weight excluding hydrogens is 260 g/mol. The van der Waals surface area contributed by atoms with E-state index in [-0.39, 0.29) is 15.5 Å². The van der Waals surface area contributed by atoms with Crippen LogP contribution in [0.4, 0.5) is 5.69 Å². The molecule has 0 saturated heterocycles. The van der Waals surface area contributed by atoms with Gasteiger partial charge < -0.3 is 5.73 Å². The molecule has 2 rings (SSSR count). The average molecular weight is 269 g/mol. The van der Waals surface area contributed by atoms with Crippen molar-refractivity contribution in [2.45, 2.75) is 9.79 Å². The van der Waals surface area contributed by atoms with Gasteiger partial charge in [-0.2, -0.15) is 0 Å². The summed E-state index contributed by atoms with van der Waals surface area (Å²) in [6, 6.07) is 7.30. The zero-order valence-corrected chi connectivity index (χ0v) is 10.2. The third-order valence-electron chi connectivity index (χ3n) is 2.22. The molecule has 88 valence electrons. The highest BCUT2D eigenvalue weighted by Crippen LogP contribution is 2.25. The molecule has 1 aromatic carbocycles. The first-order valence-electron chi connectivity index (χ1n) is 4.72. The zero-order chi connectivity index (χ0) is 12.5. The Labute approximate surface area is 104 Å². The molecule has 0 saturated carbocycles. The van der Waals surface area contributed by atoms with Crippen LogP contribution < -0.4 is 5.73 Å². The molecule has 0 aliphatic rings. The molecule has 0 amide bonds. The number of nitrogens with two attached hydrogens (primary N) is 1. The predicted molar refractivity (Wildman–Crippen MR) is 65.6 cm³/mol. The van der Waals surface area contributed by atoms with E-state index < -0.39 is 9.84 Å². The molecule has 0 fully saturated rings. The maximum absolute atomic E-state index is 12.2. The summed E-state index contributed by atoms with van der Waals surface area (Å²) in [5, 5.41) is 0.478. The molecule has 1 aromatic heterocycles. The number of sulfone groups is 1. The summed E-state index contributed by atoms with van der Waals surface area (Å²) in [7, 11) is -3.61. The maximum Gasteiger partial charge on any atom is 0.208 e. The minimum absolute atomic E-state index is 0.0508. The van der Waals surface area contributed by atoms with Crippen LogP contribution in [-0.4, -0.2) is 13.4 Å². The smallest absolute Gasteiger partial charge is 0.208 e. The molecule has 17 heavy (non-hydrogen) atoms. The highest BCUT2D eigenvalue weighted by atomic mass is 35.5. The lowest BCUT2D eigenvalue weighted by atomic mass is 10.4. The van der Waals surface area contributed by atoms with Crippen LogP contribution in [0, 0.1) is 0 Å². The Balaban J connectivity index is 2.58. The molecule has 0 bridgehead atoms. The zero-order valence-electron chi connectivity index (χ0n) is 8.67. The number of hydrogen-bond donors (Lipinski definition) is 1. The molecule has 1 heterocycles. The van der Waals surface area contributed by atoms with Crippen molar-refractivity contribution in [3.8, 4) is 0 Å². The Hall–Kier alpha value is -1.59. The number of hydrogen-bond acceptors (Lipinski definition) is 4. The number of nitrogen functional groups attached to an aromatic ring is 1. The van der Waals surface area contributed by atoms with E-state index in [0.29, 0.717) is 5.02 Å². The van der Waals surface area contributed by atoms with E-state index in [1.807, 2.05) is 0 Å². The van der Waals surface area contributed by atoms with Crippen LogP contribution in [0.25, 0.3) is 0 Å². The van der Waals surface area contributed by atoms with Gasteiger partial charge in [0.25, 0.3) is 0 Å². The second-order valence-corrected chi connectivity index (χ2v) is 5.73. The second kappa shape index (κ2) is 4.35. The van der Waals surface area contributed by atoms with Gasteiger partial charge in [-0.25, -0.2) is 8.42 Å². The van der Waals surface area contributed by atoms with Crippen molar-refractivity contribution in [2.24, 2.45) is 0 Å². The van der Waals surface area contributed by atoms with Crippen molar-refractivity contribution in [2.75, 3.05) is 5.73 Å². The Morgan fingerprint density at radius 2 is 1.76 bits per heavy atom. The molecule has 0 unspecified atom stereocenters. The largest absolute Gasteiger partial charge is 0.396 e. The monoisotopic (exact) mass is 268 g/mol. The van der Waals surface area contributed by atoms with Crippen molar-refractivity contribution in [3.63, 3.8) is 0 Å². The van der Waals surface area contributed by atoms with E-state index in [1.165, 1.54) is 42.7 Å². The first kappa shape index (κ1) is 11.9. The summed E-state index contributed by atoms with van der Waals surface area (Å²) in [5.74, 6) is 0. The molecule has 6 heteroatoms. The Morgan fingerprint density at radius 1 is 1.12 bits per heavy atom. The van der Waals surface area contributed by atoms with E-state index in [2.05, 4.69) is 4.98 Å². The number of aromatic nitrogens is 1. The number of halogens is 1. The van der Waals surface area contributed by atoms with Crippen LogP contribution in [0.3, 0.4) is 0 Å². The normalized spacial score (nSPS) is 11.4. The van der Waals surface area contributed by atoms with Gasteiger partial charge in [0.05, 0.1) is 21.7 Å². The van der Waals surface area contributed by atoms with Gasteiger partial charge in [-0.15, -0.1) is 0 Å². The van der Waals surface area contributed by atoms with E-state index >= 15 is 0 Å². The fourth-order valence-electron chi connectivity index (χ4n) is 1.38. The predicted octanol–water partition coefficient (Wildman–Crippen LogP) is 2.15. The molecule has 2 aromatic rings. The summed E-state index contributed by atoms with van der Waals surface area (Å²) in [4.78, 5) is 3.96. The number of benzene rings is 1. The lowest BCUT2D eigenvalue weighted by Gasteiger charge is -2.06. The molecule has 0 spiro atoms. The summed E-state index contributed by atoms with van der Waals surface area (Å²) >= 11 is 5.71. The standard InChI is InChI=1S/C11H9ClN2O2S/c12-8-1-3-9(4-2-8)17(15,16)11-5-6-14-7-10(11)13/h1-7H,13H2. The van der Waals surface area contributed by atoms with Crippen LogP contribution in [0.2, 0.25) is 5.02 Å². The SMILES string of the molecule is Nc1cnccc1S(=O)(=O)c1ccc(Cl)cc1. The number of anilines is 1. The van der Waals surface area contributed by atoms with Gasteiger partial charge in [0.1, 0.15) is 0 Å². The third kappa shape index (κ3) is 2.25. The van der Waals surface area contributed by atoms with Crippen molar-refractivity contribution in [1.82, 2.24) is 4.98 Å². The Morgan fingerprint density at radius 3 is 2.35 bits per heavy atom. The van der Waals surface area contributed by atoms with Crippen molar-refractivity contribution >= 4 is 27.1 Å². The molecule has 0 aliphatic heterocycles. The van der Waals surface area contributed by atoms with Gasteiger partial charge in [0, 0.05) is 11.2 Å². The lowest BCUT2D eigenvalue weighted by Crippen LogP contribution is -2.05. The van der Waals surface area contributed by atoms with Crippen LogP contribution >= 0.6 is 11.6 Å². The first-order chi connectivity index (χ1) is 8.01. The van der Waals surface area contributed by atoms with E-state index in [1.54, 1.807) is 0 Å². The molecular formula is C11H9ClN2O2S. The Kier molecular flexibility index (Phi) is 3.04. The summed E-state index contributed by atoms with van der Waals surface area (Å²) < 4.78 is 24.4. The van der Waals surface area contributed by atoms with E-state index in [0.717, 1.165) is 0 Å². The van der Waals surface area contributed by atoms with Crippen LogP contribution in [-0.2, 0) is 9.84 Å². The number of nitrogens with zero attached hydrogens (tertiary/aromatic N) is 1. The van der Waals surface area contributed by atoms with E-state index in [9.17, 15) is 8.42 Å². The quantitative estimate of drug-likeness (QED) is 0.906. The van der Waals surface area contributed by atoms with Crippen LogP contribution in [0.15, 0.2) is 52.5 Å². The fourth-order valence-corrected chi connectivity index (χ4v) is 2.86. The number of rotatable bonds is 2. The third-order valence-corrected chi connectivity index (χ3v) is 4.32. The fraction of sp³-hybridized carbons (Fsp3) is 0. The highest BCUT2D eigenvalue weighted by molar-refractivity contribution is 7.91.